The summed E-state index contributed by atoms with van der Waals surface area (Å²) >= 11 is 0. The summed E-state index contributed by atoms with van der Waals surface area (Å²) in [5.74, 6) is -0.421. The maximum Gasteiger partial charge on any atom is 0.306 e. The minimum atomic E-state index is -4.57. The molecule has 324 valence electrons. The molecule has 1 saturated heterocycles. The second-order valence-corrected chi connectivity index (χ2v) is 17.6. The quantitative estimate of drug-likeness (QED) is 0.0115. The van der Waals surface area contributed by atoms with Crippen molar-refractivity contribution in [2.45, 2.75) is 180 Å². The van der Waals surface area contributed by atoms with Gasteiger partial charge in [-0.2, -0.15) is 0 Å². The van der Waals surface area contributed by atoms with Gasteiger partial charge in [-0.15, -0.1) is 0 Å². The lowest BCUT2D eigenvalue weighted by molar-refractivity contribution is -0.870. The number of nitrogens with zero attached hydrogens (tertiary/aromatic N) is 1. The van der Waals surface area contributed by atoms with Crippen LogP contribution < -0.4 is 4.89 Å². The molecule has 9 nitrogen and oxygen atoms in total. The lowest BCUT2D eigenvalue weighted by Crippen LogP contribution is -2.37. The SMILES string of the molecule is CCCCC/C=C\C/C=C\C/C=C\CC1OC1CCCC(=O)O[C@H](CO/C=C/CCCCCC/C=C\CCCCCCCC)COP(=O)([O-])OCC[N+](C)(C)C. The van der Waals surface area contributed by atoms with E-state index in [0.29, 0.717) is 17.4 Å². The maximum atomic E-state index is 12.7. The van der Waals surface area contributed by atoms with E-state index in [4.69, 9.17) is 23.3 Å². The van der Waals surface area contributed by atoms with Crippen LogP contribution in [0.15, 0.2) is 60.9 Å². The summed E-state index contributed by atoms with van der Waals surface area (Å²) in [5.41, 5.74) is 0. The molecule has 0 amide bonds. The third kappa shape index (κ3) is 35.2. The number of allylic oxidation sites excluding steroid dienone is 8. The summed E-state index contributed by atoms with van der Waals surface area (Å²) in [4.78, 5) is 25.1. The molecule has 4 atom stereocenters. The lowest BCUT2D eigenvalue weighted by Gasteiger charge is -2.28. The Hall–Kier alpha value is -2.00. The molecule has 0 bridgehead atoms. The fourth-order valence-electron chi connectivity index (χ4n) is 5.94. The fourth-order valence-corrected chi connectivity index (χ4v) is 6.67. The maximum absolute atomic E-state index is 12.7. The molecule has 1 fully saturated rings. The highest BCUT2D eigenvalue weighted by atomic mass is 31.2. The first kappa shape index (κ1) is 52.0. The number of phosphoric acid groups is 1. The zero-order chi connectivity index (χ0) is 41.0. The van der Waals surface area contributed by atoms with Gasteiger partial charge >= 0.3 is 5.97 Å². The van der Waals surface area contributed by atoms with Crippen molar-refractivity contribution in [2.24, 2.45) is 0 Å². The number of rotatable bonds is 39. The first-order valence-corrected chi connectivity index (χ1v) is 23.6. The van der Waals surface area contributed by atoms with Crippen LogP contribution in [-0.4, -0.2) is 76.3 Å². The minimum Gasteiger partial charge on any atom is -0.756 e. The molecular formula is C46H82NO8P. The van der Waals surface area contributed by atoms with Gasteiger partial charge in [0.1, 0.15) is 19.8 Å². The topological polar surface area (TPSA) is 107 Å². The molecule has 0 spiro atoms. The van der Waals surface area contributed by atoms with Crippen LogP contribution in [-0.2, 0) is 32.6 Å². The van der Waals surface area contributed by atoms with Crippen LogP contribution in [0.1, 0.15) is 162 Å². The van der Waals surface area contributed by atoms with E-state index in [-0.39, 0.29) is 38.4 Å². The van der Waals surface area contributed by atoms with E-state index < -0.39 is 19.9 Å². The van der Waals surface area contributed by atoms with Crippen LogP contribution in [0.3, 0.4) is 0 Å². The van der Waals surface area contributed by atoms with Crippen molar-refractivity contribution in [3.63, 3.8) is 0 Å². The van der Waals surface area contributed by atoms with Gasteiger partial charge in [-0.1, -0.05) is 120 Å². The number of hydrogen-bond acceptors (Lipinski definition) is 8. The largest absolute Gasteiger partial charge is 0.756 e. The van der Waals surface area contributed by atoms with E-state index in [2.05, 4.69) is 62.5 Å². The van der Waals surface area contributed by atoms with Crippen molar-refractivity contribution < 1.29 is 42.0 Å². The molecule has 1 heterocycles. The molecule has 1 aliphatic heterocycles. The van der Waals surface area contributed by atoms with Gasteiger partial charge in [-0.25, -0.2) is 0 Å². The molecule has 0 aromatic heterocycles. The Morgan fingerprint density at radius 3 is 1.86 bits per heavy atom. The van der Waals surface area contributed by atoms with Crippen molar-refractivity contribution in [2.75, 3.05) is 47.5 Å². The number of quaternary nitrogens is 1. The Bertz CT molecular complexity index is 1140. The normalized spacial score (nSPS) is 17.9. The van der Waals surface area contributed by atoms with Crippen LogP contribution in [0.5, 0.6) is 0 Å². The van der Waals surface area contributed by atoms with Gasteiger partial charge < -0.3 is 32.6 Å². The van der Waals surface area contributed by atoms with Gasteiger partial charge in [0.25, 0.3) is 7.82 Å². The van der Waals surface area contributed by atoms with Crippen LogP contribution in [0.4, 0.5) is 0 Å². The van der Waals surface area contributed by atoms with Crippen molar-refractivity contribution in [3.8, 4) is 0 Å². The van der Waals surface area contributed by atoms with E-state index in [0.717, 1.165) is 51.4 Å². The number of carbonyl (C=O) groups excluding carboxylic acids is 1. The van der Waals surface area contributed by atoms with Gasteiger partial charge in [0.15, 0.2) is 6.10 Å². The number of epoxide rings is 1. The highest BCUT2D eigenvalue weighted by molar-refractivity contribution is 7.45. The molecule has 3 unspecified atom stereocenters. The van der Waals surface area contributed by atoms with Gasteiger partial charge in [-0.05, 0) is 89.5 Å². The number of carbonyl (C=O) groups is 1. The third-order valence-electron chi connectivity index (χ3n) is 9.53. The van der Waals surface area contributed by atoms with Gasteiger partial charge in [0.2, 0.25) is 0 Å². The zero-order valence-electron chi connectivity index (χ0n) is 36.3. The molecule has 0 radical (unpaired) electrons. The predicted octanol–water partition coefficient (Wildman–Crippen LogP) is 11.6. The molecule has 56 heavy (non-hydrogen) atoms. The number of esters is 1. The van der Waals surface area contributed by atoms with E-state index >= 15 is 0 Å². The minimum absolute atomic E-state index is 0.00186. The third-order valence-corrected chi connectivity index (χ3v) is 10.5. The standard InChI is InChI=1S/C46H82NO8P/c1-6-8-10-12-14-16-18-20-21-22-23-25-27-29-31-33-39-51-41-43(42-53-56(49,50)52-40-38-47(3,4)5)54-46(48)37-34-36-45-44(55-45)35-32-30-28-26-24-19-17-15-13-11-9-7-2/h15,17,20-21,24,26,30,32-33,39,43-45H,6-14,16,18-19,22-23,25,27-29,31,34-38,40-42H2,1-5H3/b17-15-,21-20-,26-24-,32-30-,39-33+/t43-,44?,45?/m1/s1. The summed E-state index contributed by atoms with van der Waals surface area (Å²) in [7, 11) is 1.26. The molecular weight excluding hydrogens is 725 g/mol. The first-order chi connectivity index (χ1) is 27.1. The number of unbranched alkanes of at least 4 members (excludes halogenated alkanes) is 14. The van der Waals surface area contributed by atoms with Gasteiger partial charge in [0, 0.05) is 6.42 Å². The van der Waals surface area contributed by atoms with Crippen LogP contribution in [0.2, 0.25) is 0 Å². The highest BCUT2D eigenvalue weighted by Crippen LogP contribution is 2.38. The summed E-state index contributed by atoms with van der Waals surface area (Å²) in [6.45, 7) is 4.59. The van der Waals surface area contributed by atoms with Crippen molar-refractivity contribution in [1.82, 2.24) is 0 Å². The second kappa shape index (κ2) is 35.0. The summed E-state index contributed by atoms with van der Waals surface area (Å²) < 4.78 is 40.1. The number of ether oxygens (including phenoxy) is 3. The van der Waals surface area contributed by atoms with Gasteiger partial charge in [0.05, 0.1) is 46.2 Å². The Labute approximate surface area is 343 Å². The molecule has 0 aliphatic carbocycles. The first-order valence-electron chi connectivity index (χ1n) is 22.2. The number of likely N-dealkylation sites (N-methyl/N-ethyl adjacent to an activating group) is 1. The van der Waals surface area contributed by atoms with Crippen LogP contribution in [0.25, 0.3) is 0 Å². The van der Waals surface area contributed by atoms with Crippen LogP contribution >= 0.6 is 7.82 Å². The smallest absolute Gasteiger partial charge is 0.306 e. The molecule has 0 aromatic carbocycles. The van der Waals surface area contributed by atoms with Crippen molar-refractivity contribution in [1.29, 1.82) is 0 Å². The number of phosphoric ester groups is 1. The molecule has 10 heteroatoms. The monoisotopic (exact) mass is 808 g/mol. The number of hydrogen-bond donors (Lipinski definition) is 0. The Morgan fingerprint density at radius 1 is 0.679 bits per heavy atom. The van der Waals surface area contributed by atoms with E-state index in [9.17, 15) is 14.3 Å². The molecule has 1 aliphatic rings. The summed E-state index contributed by atoms with van der Waals surface area (Å²) in [5, 5.41) is 0. The average molecular weight is 808 g/mol. The Balaban J connectivity index is 2.32. The Morgan fingerprint density at radius 2 is 1.21 bits per heavy atom. The van der Waals surface area contributed by atoms with E-state index in [1.807, 2.05) is 27.2 Å². The second-order valence-electron chi connectivity index (χ2n) is 16.1. The van der Waals surface area contributed by atoms with E-state index in [1.165, 1.54) is 83.5 Å². The highest BCUT2D eigenvalue weighted by Gasteiger charge is 2.36. The lowest BCUT2D eigenvalue weighted by atomic mass is 10.1. The molecule has 0 aromatic rings. The molecule has 1 rings (SSSR count). The van der Waals surface area contributed by atoms with Gasteiger partial charge in [-0.3, -0.25) is 9.36 Å². The van der Waals surface area contributed by atoms with Crippen LogP contribution in [0, 0.1) is 0 Å². The van der Waals surface area contributed by atoms with Crippen molar-refractivity contribution >= 4 is 13.8 Å². The predicted molar refractivity (Wildman–Crippen MR) is 230 cm³/mol. The summed E-state index contributed by atoms with van der Waals surface area (Å²) in [6, 6.07) is 0. The average Bonchev–Trinajstić information content (AvgIpc) is 3.90. The Kier molecular flexibility index (Phi) is 32.5. The zero-order valence-corrected chi connectivity index (χ0v) is 37.2. The molecule has 0 saturated carbocycles. The fraction of sp³-hybridized carbons (Fsp3) is 0.761. The van der Waals surface area contributed by atoms with Crippen molar-refractivity contribution in [3.05, 3.63) is 60.9 Å². The summed E-state index contributed by atoms with van der Waals surface area (Å²) in [6.07, 6.45) is 46.3. The molecule has 0 N–H and O–H groups in total. The van der Waals surface area contributed by atoms with E-state index in [1.54, 1.807) is 6.26 Å².